The van der Waals surface area contributed by atoms with E-state index in [2.05, 4.69) is 10.3 Å². The molecule has 1 aliphatic carbocycles. The van der Waals surface area contributed by atoms with E-state index in [1.54, 1.807) is 11.3 Å². The van der Waals surface area contributed by atoms with E-state index >= 15 is 0 Å². The second kappa shape index (κ2) is 4.05. The zero-order chi connectivity index (χ0) is 12.1. The molecule has 0 spiro atoms. The summed E-state index contributed by atoms with van der Waals surface area (Å²) in [5.41, 5.74) is 1.30. The zero-order valence-electron chi connectivity index (χ0n) is 10.5. The summed E-state index contributed by atoms with van der Waals surface area (Å²) in [6, 6.07) is 0.867. The van der Waals surface area contributed by atoms with Gasteiger partial charge in [-0.2, -0.15) is 0 Å². The van der Waals surface area contributed by atoms with Crippen LogP contribution in [0.4, 0.5) is 5.13 Å². The van der Waals surface area contributed by atoms with Crippen LogP contribution in [-0.4, -0.2) is 22.9 Å². The third-order valence-corrected chi connectivity index (χ3v) is 5.39. The Morgan fingerprint density at radius 2 is 1.89 bits per heavy atom. The Kier molecular flexibility index (Phi) is 2.47. The fourth-order valence-corrected chi connectivity index (χ4v) is 4.50. The summed E-state index contributed by atoms with van der Waals surface area (Å²) < 4.78 is 0. The van der Waals surface area contributed by atoms with Crippen LogP contribution in [0.15, 0.2) is 5.38 Å². The molecule has 1 aromatic heterocycles. The predicted octanol–water partition coefficient (Wildman–Crippen LogP) is 3.11. The molecule has 3 aliphatic rings. The maximum Gasteiger partial charge on any atom is 0.186 e. The lowest BCUT2D eigenvalue weighted by Crippen LogP contribution is -2.52. The molecule has 2 bridgehead atoms. The van der Waals surface area contributed by atoms with Gasteiger partial charge in [-0.3, -0.25) is 4.79 Å². The van der Waals surface area contributed by atoms with Crippen LogP contribution in [0.25, 0.3) is 0 Å². The van der Waals surface area contributed by atoms with Gasteiger partial charge < -0.3 is 4.90 Å². The van der Waals surface area contributed by atoms with Crippen molar-refractivity contribution in [2.75, 3.05) is 4.90 Å². The summed E-state index contributed by atoms with van der Waals surface area (Å²) in [6.07, 6.45) is 7.73. The van der Waals surface area contributed by atoms with Crippen molar-refractivity contribution >= 4 is 22.3 Å². The highest BCUT2D eigenvalue weighted by atomic mass is 32.1. The Hall–Kier alpha value is -0.900. The van der Waals surface area contributed by atoms with Gasteiger partial charge in [-0.05, 0) is 32.1 Å². The lowest BCUT2D eigenvalue weighted by atomic mass is 9.84. The van der Waals surface area contributed by atoms with Crippen molar-refractivity contribution in [1.82, 2.24) is 4.98 Å². The molecule has 3 fully saturated rings. The predicted molar refractivity (Wildman–Crippen MR) is 72.2 cm³/mol. The third kappa shape index (κ3) is 1.78. The minimum atomic E-state index is 0.434. The average molecular weight is 262 g/mol. The number of carbonyl (C=O) groups is 1. The van der Waals surface area contributed by atoms with Crippen LogP contribution in [0.5, 0.6) is 0 Å². The van der Waals surface area contributed by atoms with E-state index in [0.717, 1.165) is 18.8 Å². The standard InChI is InChI=1S/C14H18N2OS/c17-12-6-10-2-1-3-11(7-12)16(10)14-15-13(8-18-14)9-4-5-9/h8-11H,1-7H2. The van der Waals surface area contributed by atoms with E-state index in [0.29, 0.717) is 17.9 Å². The smallest absolute Gasteiger partial charge is 0.186 e. The average Bonchev–Trinajstić information content (AvgIpc) is 3.07. The molecule has 2 saturated heterocycles. The van der Waals surface area contributed by atoms with Crippen LogP contribution in [0, 0.1) is 0 Å². The largest absolute Gasteiger partial charge is 0.341 e. The minimum absolute atomic E-state index is 0.434. The highest BCUT2D eigenvalue weighted by molar-refractivity contribution is 7.13. The van der Waals surface area contributed by atoms with E-state index < -0.39 is 0 Å². The van der Waals surface area contributed by atoms with E-state index in [-0.39, 0.29) is 0 Å². The van der Waals surface area contributed by atoms with Crippen LogP contribution in [0.2, 0.25) is 0 Å². The molecule has 0 N–H and O–H groups in total. The van der Waals surface area contributed by atoms with E-state index in [9.17, 15) is 4.79 Å². The Bertz CT molecular complexity index is 464. The van der Waals surface area contributed by atoms with Crippen LogP contribution in [-0.2, 0) is 4.79 Å². The SMILES string of the molecule is O=C1CC2CCCC(C1)N2c1nc(C2CC2)cs1. The van der Waals surface area contributed by atoms with Gasteiger partial charge in [0.1, 0.15) is 5.78 Å². The van der Waals surface area contributed by atoms with Gasteiger partial charge in [0.2, 0.25) is 0 Å². The van der Waals surface area contributed by atoms with Gasteiger partial charge in [0, 0.05) is 36.2 Å². The van der Waals surface area contributed by atoms with Crippen LogP contribution >= 0.6 is 11.3 Å². The van der Waals surface area contributed by atoms with Crippen LogP contribution in [0.1, 0.15) is 56.6 Å². The Labute approximate surface area is 111 Å². The van der Waals surface area contributed by atoms with Crippen LogP contribution < -0.4 is 4.90 Å². The van der Waals surface area contributed by atoms with Crippen molar-refractivity contribution in [3.63, 3.8) is 0 Å². The maximum atomic E-state index is 11.7. The first-order valence-electron chi connectivity index (χ1n) is 7.07. The second-order valence-corrected chi connectivity index (χ2v) is 6.76. The lowest BCUT2D eigenvalue weighted by molar-refractivity contribution is -0.121. The molecule has 3 nitrogen and oxygen atoms in total. The number of hydrogen-bond donors (Lipinski definition) is 0. The first-order valence-corrected chi connectivity index (χ1v) is 7.94. The molecule has 96 valence electrons. The minimum Gasteiger partial charge on any atom is -0.341 e. The molecule has 1 saturated carbocycles. The zero-order valence-corrected chi connectivity index (χ0v) is 11.3. The lowest BCUT2D eigenvalue weighted by Gasteiger charge is -2.45. The quantitative estimate of drug-likeness (QED) is 0.821. The number of fused-ring (bicyclic) bond motifs is 2. The monoisotopic (exact) mass is 262 g/mol. The number of carbonyl (C=O) groups excluding carboxylic acids is 1. The van der Waals surface area contributed by atoms with Crippen molar-refractivity contribution in [2.24, 2.45) is 0 Å². The van der Waals surface area contributed by atoms with Crippen molar-refractivity contribution in [1.29, 1.82) is 0 Å². The van der Waals surface area contributed by atoms with Crippen molar-refractivity contribution in [3.8, 4) is 0 Å². The van der Waals surface area contributed by atoms with Gasteiger partial charge in [0.15, 0.2) is 5.13 Å². The number of nitrogens with zero attached hydrogens (tertiary/aromatic N) is 2. The van der Waals surface area contributed by atoms with Gasteiger partial charge in [0.25, 0.3) is 0 Å². The fraction of sp³-hybridized carbons (Fsp3) is 0.714. The summed E-state index contributed by atoms with van der Waals surface area (Å²) in [5, 5.41) is 3.41. The number of anilines is 1. The topological polar surface area (TPSA) is 33.2 Å². The number of aromatic nitrogens is 1. The molecule has 2 aliphatic heterocycles. The highest BCUT2D eigenvalue weighted by Gasteiger charge is 2.39. The number of Topliss-reactive ketones (excluding diaryl/α,β-unsaturated/α-hetero) is 1. The number of hydrogen-bond acceptors (Lipinski definition) is 4. The third-order valence-electron chi connectivity index (χ3n) is 4.51. The summed E-state index contributed by atoms with van der Waals surface area (Å²) >= 11 is 1.79. The van der Waals surface area contributed by atoms with E-state index in [1.807, 2.05) is 0 Å². The van der Waals surface area contributed by atoms with Gasteiger partial charge >= 0.3 is 0 Å². The summed E-state index contributed by atoms with van der Waals surface area (Å²) in [5.74, 6) is 1.20. The molecule has 0 radical (unpaired) electrons. The Morgan fingerprint density at radius 1 is 1.17 bits per heavy atom. The summed E-state index contributed by atoms with van der Waals surface area (Å²) in [4.78, 5) is 19.0. The van der Waals surface area contributed by atoms with Crippen molar-refractivity contribution in [3.05, 3.63) is 11.1 Å². The molecule has 18 heavy (non-hydrogen) atoms. The molecule has 2 unspecified atom stereocenters. The number of thiazole rings is 1. The van der Waals surface area contributed by atoms with Gasteiger partial charge in [-0.25, -0.2) is 4.98 Å². The first-order chi connectivity index (χ1) is 8.81. The molecule has 4 heteroatoms. The fourth-order valence-electron chi connectivity index (χ4n) is 3.45. The molecular formula is C14H18N2OS. The molecule has 4 rings (SSSR count). The molecule has 0 aromatic carbocycles. The normalized spacial score (nSPS) is 31.8. The number of piperidine rings is 2. The summed E-state index contributed by atoms with van der Waals surface area (Å²) in [6.45, 7) is 0. The van der Waals surface area contributed by atoms with Crippen molar-refractivity contribution in [2.45, 2.75) is 62.9 Å². The van der Waals surface area contributed by atoms with Crippen LogP contribution in [0.3, 0.4) is 0 Å². The molecular weight excluding hydrogens is 244 g/mol. The Morgan fingerprint density at radius 3 is 2.56 bits per heavy atom. The van der Waals surface area contributed by atoms with Gasteiger partial charge in [0.05, 0.1) is 5.69 Å². The molecule has 0 amide bonds. The van der Waals surface area contributed by atoms with Crippen molar-refractivity contribution < 1.29 is 4.79 Å². The Balaban J connectivity index is 1.63. The first kappa shape index (κ1) is 11.0. The molecule has 1 aromatic rings. The van der Waals surface area contributed by atoms with Gasteiger partial charge in [-0.1, -0.05) is 0 Å². The second-order valence-electron chi connectivity index (χ2n) is 5.92. The molecule has 2 atom stereocenters. The van der Waals surface area contributed by atoms with E-state index in [1.165, 1.54) is 42.9 Å². The maximum absolute atomic E-state index is 11.7. The van der Waals surface area contributed by atoms with E-state index in [4.69, 9.17) is 4.98 Å². The summed E-state index contributed by atoms with van der Waals surface area (Å²) in [7, 11) is 0. The molecule has 3 heterocycles. The highest BCUT2D eigenvalue weighted by Crippen LogP contribution is 2.43. The number of ketones is 1. The van der Waals surface area contributed by atoms with Gasteiger partial charge in [-0.15, -0.1) is 11.3 Å². The number of rotatable bonds is 2.